The van der Waals surface area contributed by atoms with Crippen LogP contribution >= 0.6 is 0 Å². The van der Waals surface area contributed by atoms with Crippen molar-refractivity contribution < 1.29 is 4.74 Å². The Balaban J connectivity index is 2.23. The summed E-state index contributed by atoms with van der Waals surface area (Å²) < 4.78 is 5.38. The second-order valence-corrected chi connectivity index (χ2v) is 4.91. The van der Waals surface area contributed by atoms with Crippen LogP contribution in [0.2, 0.25) is 0 Å². The van der Waals surface area contributed by atoms with Gasteiger partial charge in [0.05, 0.1) is 0 Å². The third-order valence-corrected chi connectivity index (χ3v) is 3.12. The summed E-state index contributed by atoms with van der Waals surface area (Å²) in [6.45, 7) is 6.55. The molecule has 2 nitrogen and oxygen atoms in total. The number of rotatable bonds is 5. The maximum atomic E-state index is 5.38. The summed E-state index contributed by atoms with van der Waals surface area (Å²) in [4.78, 5) is 0. The normalized spacial score (nSPS) is 21.4. The average Bonchev–Trinajstić information content (AvgIpc) is 2.17. The first-order valence-corrected chi connectivity index (χ1v) is 5.97. The van der Waals surface area contributed by atoms with Gasteiger partial charge in [-0.2, -0.15) is 0 Å². The van der Waals surface area contributed by atoms with Crippen LogP contribution in [0.1, 0.15) is 39.5 Å². The van der Waals surface area contributed by atoms with E-state index < -0.39 is 0 Å². The number of nitrogens with one attached hydrogen (secondary N) is 1. The molecule has 1 aliphatic rings. The van der Waals surface area contributed by atoms with Gasteiger partial charge in [-0.1, -0.05) is 13.8 Å². The van der Waals surface area contributed by atoms with Gasteiger partial charge in [0.2, 0.25) is 0 Å². The molecule has 0 aromatic heterocycles. The van der Waals surface area contributed by atoms with Crippen molar-refractivity contribution in [1.29, 1.82) is 0 Å². The van der Waals surface area contributed by atoms with Crippen LogP contribution < -0.4 is 5.32 Å². The lowest BCUT2D eigenvalue weighted by atomic mass is 9.89. The van der Waals surface area contributed by atoms with E-state index in [4.69, 9.17) is 4.74 Å². The quantitative estimate of drug-likeness (QED) is 0.734. The van der Waals surface area contributed by atoms with Gasteiger partial charge in [-0.3, -0.25) is 0 Å². The van der Waals surface area contributed by atoms with E-state index in [1.807, 2.05) is 0 Å². The molecule has 1 fully saturated rings. The van der Waals surface area contributed by atoms with Crippen molar-refractivity contribution >= 4 is 0 Å². The lowest BCUT2D eigenvalue weighted by Gasteiger charge is -2.27. The molecular formula is C12H25NO. The van der Waals surface area contributed by atoms with Crippen LogP contribution in [0.3, 0.4) is 0 Å². The zero-order valence-electron chi connectivity index (χ0n) is 9.88. The molecule has 1 aliphatic heterocycles. The lowest BCUT2D eigenvalue weighted by Crippen LogP contribution is -2.31. The van der Waals surface area contributed by atoms with Gasteiger partial charge in [-0.05, 0) is 44.6 Å². The predicted molar refractivity (Wildman–Crippen MR) is 60.5 cm³/mol. The van der Waals surface area contributed by atoms with E-state index in [0.717, 1.165) is 25.0 Å². The highest BCUT2D eigenvalue weighted by atomic mass is 16.5. The molecule has 1 saturated heterocycles. The molecule has 0 radical (unpaired) electrons. The minimum Gasteiger partial charge on any atom is -0.381 e. The molecule has 0 aliphatic carbocycles. The molecule has 0 aromatic carbocycles. The van der Waals surface area contributed by atoms with Gasteiger partial charge < -0.3 is 10.1 Å². The summed E-state index contributed by atoms with van der Waals surface area (Å²) >= 11 is 0. The molecule has 0 bridgehead atoms. The van der Waals surface area contributed by atoms with Gasteiger partial charge in [0.15, 0.2) is 0 Å². The molecule has 0 spiro atoms. The summed E-state index contributed by atoms with van der Waals surface area (Å²) in [5, 5.41) is 3.44. The fraction of sp³-hybridized carbons (Fsp3) is 1.00. The predicted octanol–water partition coefficient (Wildman–Crippen LogP) is 2.44. The Bertz CT molecular complexity index is 141. The molecule has 1 unspecified atom stereocenters. The third-order valence-electron chi connectivity index (χ3n) is 3.12. The van der Waals surface area contributed by atoms with Crippen LogP contribution in [0, 0.1) is 11.8 Å². The van der Waals surface area contributed by atoms with Crippen molar-refractivity contribution in [1.82, 2.24) is 5.32 Å². The van der Waals surface area contributed by atoms with Crippen molar-refractivity contribution in [2.24, 2.45) is 11.8 Å². The highest BCUT2D eigenvalue weighted by Gasteiger charge is 2.18. The second-order valence-electron chi connectivity index (χ2n) is 4.91. The van der Waals surface area contributed by atoms with E-state index >= 15 is 0 Å². The molecule has 84 valence electrons. The zero-order chi connectivity index (χ0) is 10.4. The molecule has 1 N–H and O–H groups in total. The first-order valence-electron chi connectivity index (χ1n) is 5.97. The van der Waals surface area contributed by atoms with Crippen LogP contribution in [0.15, 0.2) is 0 Å². The van der Waals surface area contributed by atoms with E-state index in [1.165, 1.54) is 25.7 Å². The number of ether oxygens (including phenoxy) is 1. The van der Waals surface area contributed by atoms with Gasteiger partial charge in [0.1, 0.15) is 0 Å². The number of hydrogen-bond donors (Lipinski definition) is 1. The first kappa shape index (κ1) is 12.0. The lowest BCUT2D eigenvalue weighted by molar-refractivity contribution is 0.0600. The Hall–Kier alpha value is -0.0800. The molecule has 2 heteroatoms. The molecule has 0 saturated carbocycles. The van der Waals surface area contributed by atoms with Crippen LogP contribution in [-0.4, -0.2) is 26.3 Å². The summed E-state index contributed by atoms with van der Waals surface area (Å²) in [6, 6.07) is 0.707. The molecule has 1 rings (SSSR count). The van der Waals surface area contributed by atoms with E-state index in [2.05, 4.69) is 26.2 Å². The van der Waals surface area contributed by atoms with Gasteiger partial charge in [-0.25, -0.2) is 0 Å². The minimum absolute atomic E-state index is 0.707. The summed E-state index contributed by atoms with van der Waals surface area (Å²) in [7, 11) is 2.09. The van der Waals surface area contributed by atoms with Crippen LogP contribution in [0.25, 0.3) is 0 Å². The largest absolute Gasteiger partial charge is 0.381 e. The van der Waals surface area contributed by atoms with E-state index in [0.29, 0.717) is 6.04 Å². The van der Waals surface area contributed by atoms with E-state index in [-0.39, 0.29) is 0 Å². The van der Waals surface area contributed by atoms with Gasteiger partial charge >= 0.3 is 0 Å². The molecule has 1 heterocycles. The SMILES string of the molecule is CNC(CC(C)C)CC1CCOCC1. The van der Waals surface area contributed by atoms with Crippen molar-refractivity contribution in [3.8, 4) is 0 Å². The Morgan fingerprint density at radius 1 is 1.29 bits per heavy atom. The van der Waals surface area contributed by atoms with E-state index in [9.17, 15) is 0 Å². The first-order chi connectivity index (χ1) is 6.72. The maximum absolute atomic E-state index is 5.38. The average molecular weight is 199 g/mol. The van der Waals surface area contributed by atoms with Crippen LogP contribution in [-0.2, 0) is 4.74 Å². The highest BCUT2D eigenvalue weighted by Crippen LogP contribution is 2.22. The molecule has 0 aromatic rings. The van der Waals surface area contributed by atoms with Crippen LogP contribution in [0.4, 0.5) is 0 Å². The molecule has 1 atom stereocenters. The summed E-state index contributed by atoms with van der Waals surface area (Å²) in [6.07, 6.45) is 5.15. The zero-order valence-corrected chi connectivity index (χ0v) is 9.88. The minimum atomic E-state index is 0.707. The van der Waals surface area contributed by atoms with Crippen molar-refractivity contribution in [3.63, 3.8) is 0 Å². The highest BCUT2D eigenvalue weighted by molar-refractivity contribution is 4.73. The second kappa shape index (κ2) is 6.41. The van der Waals surface area contributed by atoms with Gasteiger partial charge in [-0.15, -0.1) is 0 Å². The summed E-state index contributed by atoms with van der Waals surface area (Å²) in [5.41, 5.74) is 0. The standard InChI is InChI=1S/C12H25NO/c1-10(2)8-12(13-3)9-11-4-6-14-7-5-11/h10-13H,4-9H2,1-3H3. The maximum Gasteiger partial charge on any atom is 0.0468 e. The van der Waals surface area contributed by atoms with Crippen molar-refractivity contribution in [3.05, 3.63) is 0 Å². The van der Waals surface area contributed by atoms with E-state index in [1.54, 1.807) is 0 Å². The smallest absolute Gasteiger partial charge is 0.0468 e. The topological polar surface area (TPSA) is 21.3 Å². The van der Waals surface area contributed by atoms with Crippen molar-refractivity contribution in [2.45, 2.75) is 45.6 Å². The Morgan fingerprint density at radius 3 is 2.43 bits per heavy atom. The van der Waals surface area contributed by atoms with Crippen molar-refractivity contribution in [2.75, 3.05) is 20.3 Å². The monoisotopic (exact) mass is 199 g/mol. The number of hydrogen-bond acceptors (Lipinski definition) is 2. The summed E-state index contributed by atoms with van der Waals surface area (Å²) in [5.74, 6) is 1.69. The fourth-order valence-electron chi connectivity index (χ4n) is 2.29. The fourth-order valence-corrected chi connectivity index (χ4v) is 2.29. The Labute approximate surface area is 88.4 Å². The Kier molecular flexibility index (Phi) is 5.49. The molecule has 14 heavy (non-hydrogen) atoms. The van der Waals surface area contributed by atoms with Gasteiger partial charge in [0.25, 0.3) is 0 Å². The van der Waals surface area contributed by atoms with Crippen LogP contribution in [0.5, 0.6) is 0 Å². The molecular weight excluding hydrogens is 174 g/mol. The Morgan fingerprint density at radius 2 is 1.93 bits per heavy atom. The van der Waals surface area contributed by atoms with Gasteiger partial charge in [0, 0.05) is 19.3 Å². The molecule has 0 amide bonds. The third kappa shape index (κ3) is 4.43.